The molecule has 0 saturated carbocycles. The maximum Gasteiger partial charge on any atom is 0.573 e. The quantitative estimate of drug-likeness (QED) is 0.366. The van der Waals surface area contributed by atoms with Crippen molar-refractivity contribution in [3.63, 3.8) is 0 Å². The highest BCUT2D eigenvalue weighted by atomic mass is 35.5. The summed E-state index contributed by atoms with van der Waals surface area (Å²) < 4.78 is 69.6. The lowest BCUT2D eigenvalue weighted by Crippen LogP contribution is -2.43. The van der Waals surface area contributed by atoms with Crippen molar-refractivity contribution in [2.75, 3.05) is 30.8 Å². The summed E-state index contributed by atoms with van der Waals surface area (Å²) in [6.07, 6.45) is -0.486. The Bertz CT molecular complexity index is 1300. The molecule has 1 atom stereocenters. The third-order valence-electron chi connectivity index (χ3n) is 6.22. The van der Waals surface area contributed by atoms with Gasteiger partial charge in [-0.2, -0.15) is 4.98 Å². The number of hydrazine groups is 1. The van der Waals surface area contributed by atoms with Crippen LogP contribution in [0.4, 0.5) is 30.6 Å². The summed E-state index contributed by atoms with van der Waals surface area (Å²) in [4.78, 5) is 8.34. The number of nitrogens with zero attached hydrogens (tertiary/aromatic N) is 3. The number of sulfone groups is 1. The Balaban J connectivity index is 1.60. The van der Waals surface area contributed by atoms with Crippen LogP contribution in [0.15, 0.2) is 36.3 Å². The molecule has 1 aromatic carbocycles. The molecule has 2 aliphatic heterocycles. The second kappa shape index (κ2) is 11.1. The number of aromatic nitrogens is 2. The highest BCUT2D eigenvalue weighted by Crippen LogP contribution is 2.37. The first-order valence-corrected chi connectivity index (χ1v) is 13.9. The van der Waals surface area contributed by atoms with Crippen LogP contribution in [0.3, 0.4) is 0 Å². The maximum atomic E-state index is 13.2. The number of anilines is 3. The Morgan fingerprint density at radius 3 is 2.58 bits per heavy atom. The number of alkyl halides is 3. The van der Waals surface area contributed by atoms with Crippen molar-refractivity contribution in [2.45, 2.75) is 49.6 Å². The molecule has 3 heterocycles. The lowest BCUT2D eigenvalue weighted by molar-refractivity contribution is -0.274. The minimum atomic E-state index is -4.90. The summed E-state index contributed by atoms with van der Waals surface area (Å²) in [7, 11) is -1.96. The zero-order valence-corrected chi connectivity index (χ0v) is 22.5. The fourth-order valence-electron chi connectivity index (χ4n) is 4.22. The van der Waals surface area contributed by atoms with E-state index < -0.39 is 32.6 Å². The smallest absolute Gasteiger partial charge is 0.404 e. The SMILES string of the molecule is CC(C)S(=O)(=O)C1NN(C)C=C1Nc1nc(Nc2ccc(C3CCNCC3)cc2OC(F)(F)F)ncc1Cl. The lowest BCUT2D eigenvalue weighted by Gasteiger charge is -2.24. The van der Waals surface area contributed by atoms with Gasteiger partial charge in [0.2, 0.25) is 5.95 Å². The zero-order chi connectivity index (χ0) is 27.7. The van der Waals surface area contributed by atoms with Crippen LogP contribution in [0, 0.1) is 0 Å². The molecule has 2 aromatic rings. The fourth-order valence-corrected chi connectivity index (χ4v) is 5.69. The average molecular weight is 576 g/mol. The zero-order valence-electron chi connectivity index (χ0n) is 20.9. The van der Waals surface area contributed by atoms with Gasteiger partial charge in [-0.1, -0.05) is 17.7 Å². The van der Waals surface area contributed by atoms with E-state index >= 15 is 0 Å². The van der Waals surface area contributed by atoms with E-state index in [-0.39, 0.29) is 34.1 Å². The topological polar surface area (TPSA) is 121 Å². The van der Waals surface area contributed by atoms with Crippen LogP contribution in [0.25, 0.3) is 0 Å². The van der Waals surface area contributed by atoms with Gasteiger partial charge in [0.05, 0.1) is 22.8 Å². The molecule has 0 spiro atoms. The molecule has 38 heavy (non-hydrogen) atoms. The normalized spacial score (nSPS) is 19.0. The van der Waals surface area contributed by atoms with E-state index in [0.29, 0.717) is 0 Å². The summed E-state index contributed by atoms with van der Waals surface area (Å²) in [6.45, 7) is 4.72. The Labute approximate surface area is 223 Å². The number of halogens is 4. The van der Waals surface area contributed by atoms with Crippen LogP contribution in [-0.2, 0) is 9.84 Å². The molecular weight excluding hydrogens is 547 g/mol. The van der Waals surface area contributed by atoms with Crippen LogP contribution >= 0.6 is 11.6 Å². The fraction of sp³-hybridized carbons (Fsp3) is 0.478. The molecule has 1 fully saturated rings. The monoisotopic (exact) mass is 575 g/mol. The van der Waals surface area contributed by atoms with Crippen LogP contribution in [0.1, 0.15) is 38.2 Å². The van der Waals surface area contributed by atoms with E-state index in [0.717, 1.165) is 31.5 Å². The maximum absolute atomic E-state index is 13.2. The first kappa shape index (κ1) is 28.2. The minimum absolute atomic E-state index is 0.00928. The van der Waals surface area contributed by atoms with Crippen molar-refractivity contribution in [1.29, 1.82) is 0 Å². The molecular formula is C23H29ClF3N7O3S. The van der Waals surface area contributed by atoms with Gasteiger partial charge in [-0.05, 0) is 63.4 Å². The standard InChI is InChI=1S/C23H29ClF3N7O3S/c1-13(2)38(35,36)21-18(12-34(3)33-21)30-20-16(24)11-29-22(32-20)31-17-5-4-15(14-6-8-28-9-7-14)10-19(17)37-23(25,26)27/h4-5,10-14,21,28,33H,6-9H2,1-3H3,(H2,29,30,31,32). The number of ether oxygens (including phenoxy) is 1. The van der Waals surface area contributed by atoms with Crippen LogP contribution in [-0.4, -0.2) is 60.5 Å². The van der Waals surface area contributed by atoms with E-state index in [2.05, 4.69) is 36.1 Å². The largest absolute Gasteiger partial charge is 0.573 e. The minimum Gasteiger partial charge on any atom is -0.404 e. The molecule has 208 valence electrons. The van der Waals surface area contributed by atoms with Gasteiger partial charge in [0, 0.05) is 13.2 Å². The summed E-state index contributed by atoms with van der Waals surface area (Å²) in [6, 6.07) is 4.63. The summed E-state index contributed by atoms with van der Waals surface area (Å²) >= 11 is 6.26. The molecule has 10 nitrogen and oxygen atoms in total. The van der Waals surface area contributed by atoms with Gasteiger partial charge in [0.25, 0.3) is 0 Å². The van der Waals surface area contributed by atoms with E-state index in [4.69, 9.17) is 11.6 Å². The summed E-state index contributed by atoms with van der Waals surface area (Å²) in [5.74, 6) is -0.290. The van der Waals surface area contributed by atoms with Crippen LogP contribution < -0.4 is 26.1 Å². The predicted molar refractivity (Wildman–Crippen MR) is 139 cm³/mol. The lowest BCUT2D eigenvalue weighted by atomic mass is 9.90. The number of hydrogen-bond donors (Lipinski definition) is 4. The van der Waals surface area contributed by atoms with Crippen molar-refractivity contribution in [1.82, 2.24) is 25.7 Å². The Kier molecular flexibility index (Phi) is 8.26. The molecule has 4 N–H and O–H groups in total. The number of piperidine rings is 1. The van der Waals surface area contributed by atoms with E-state index in [1.165, 1.54) is 23.3 Å². The Morgan fingerprint density at radius 2 is 1.92 bits per heavy atom. The predicted octanol–water partition coefficient (Wildman–Crippen LogP) is 4.09. The first-order valence-electron chi connectivity index (χ1n) is 11.9. The molecule has 0 aliphatic carbocycles. The van der Waals surface area contributed by atoms with Crippen molar-refractivity contribution < 1.29 is 26.3 Å². The van der Waals surface area contributed by atoms with Gasteiger partial charge in [0.1, 0.15) is 5.02 Å². The van der Waals surface area contributed by atoms with Gasteiger partial charge >= 0.3 is 6.36 Å². The van der Waals surface area contributed by atoms with Gasteiger partial charge in [-0.3, -0.25) is 0 Å². The van der Waals surface area contributed by atoms with E-state index in [1.54, 1.807) is 33.2 Å². The summed E-state index contributed by atoms with van der Waals surface area (Å²) in [5, 5.41) is 8.77. The van der Waals surface area contributed by atoms with Gasteiger partial charge in [0.15, 0.2) is 26.8 Å². The second-order valence-electron chi connectivity index (χ2n) is 9.31. The van der Waals surface area contributed by atoms with Gasteiger partial charge in [-0.15, -0.1) is 13.2 Å². The van der Waals surface area contributed by atoms with Crippen molar-refractivity contribution in [3.05, 3.63) is 46.9 Å². The van der Waals surface area contributed by atoms with Crippen molar-refractivity contribution in [3.8, 4) is 5.75 Å². The molecule has 2 aliphatic rings. The number of rotatable bonds is 8. The molecule has 1 aromatic heterocycles. The highest BCUT2D eigenvalue weighted by Gasteiger charge is 2.37. The van der Waals surface area contributed by atoms with Gasteiger partial charge in [-0.25, -0.2) is 18.8 Å². The third kappa shape index (κ3) is 6.60. The van der Waals surface area contributed by atoms with Gasteiger partial charge < -0.3 is 25.7 Å². The Hall–Kier alpha value is -2.81. The van der Waals surface area contributed by atoms with Crippen LogP contribution in [0.5, 0.6) is 5.75 Å². The Morgan fingerprint density at radius 1 is 1.21 bits per heavy atom. The molecule has 0 radical (unpaired) electrons. The highest BCUT2D eigenvalue weighted by molar-refractivity contribution is 7.92. The number of nitrogens with one attached hydrogen (secondary N) is 4. The second-order valence-corrected chi connectivity index (χ2v) is 12.3. The number of benzene rings is 1. The third-order valence-corrected chi connectivity index (χ3v) is 8.82. The molecule has 0 amide bonds. The molecule has 4 rings (SSSR count). The van der Waals surface area contributed by atoms with Crippen molar-refractivity contribution >= 4 is 38.9 Å². The summed E-state index contributed by atoms with van der Waals surface area (Å²) in [5.41, 5.74) is 3.88. The van der Waals surface area contributed by atoms with Crippen molar-refractivity contribution in [2.24, 2.45) is 0 Å². The average Bonchev–Trinajstić information content (AvgIpc) is 3.22. The number of hydrogen-bond acceptors (Lipinski definition) is 10. The van der Waals surface area contributed by atoms with Crippen LogP contribution in [0.2, 0.25) is 5.02 Å². The molecule has 1 saturated heterocycles. The molecule has 1 unspecified atom stereocenters. The first-order chi connectivity index (χ1) is 17.8. The molecule has 15 heteroatoms. The van der Waals surface area contributed by atoms with E-state index in [1.807, 2.05) is 0 Å². The van der Waals surface area contributed by atoms with E-state index in [9.17, 15) is 21.6 Å². The molecule has 0 bridgehead atoms.